The summed E-state index contributed by atoms with van der Waals surface area (Å²) in [6.45, 7) is 1.86. The van der Waals surface area contributed by atoms with E-state index >= 15 is 0 Å². The minimum Gasteiger partial charge on any atom is -0.395 e. The smallest absolute Gasteiger partial charge is 0.234 e. The number of rotatable bonds is 8. The molecule has 4 nitrogen and oxygen atoms in total. The third-order valence-electron chi connectivity index (χ3n) is 4.66. The Labute approximate surface area is 126 Å². The third-order valence-corrected chi connectivity index (χ3v) is 4.66. The Morgan fingerprint density at radius 1 is 1.29 bits per heavy atom. The zero-order chi connectivity index (χ0) is 14.7. The Bertz CT molecular complexity index is 481. The Kier molecular flexibility index (Phi) is 4.27. The van der Waals surface area contributed by atoms with E-state index in [0.717, 1.165) is 32.2 Å². The second-order valence-electron chi connectivity index (χ2n) is 6.35. The molecular weight excluding hydrogens is 264 g/mol. The van der Waals surface area contributed by atoms with Crippen LogP contribution in [0.15, 0.2) is 30.3 Å². The van der Waals surface area contributed by atoms with Crippen molar-refractivity contribution >= 4 is 5.91 Å². The molecule has 0 atom stereocenters. The van der Waals surface area contributed by atoms with E-state index in [1.54, 1.807) is 0 Å². The fraction of sp³-hybridized carbons (Fsp3) is 0.588. The summed E-state index contributed by atoms with van der Waals surface area (Å²) in [7, 11) is 0. The standard InChI is InChI=1S/C17H24N2O2/c20-11-10-19(15-6-7-15)12-16(21)18-13-17(8-9-17)14-4-2-1-3-5-14/h1-5,15,20H,6-13H2,(H,18,21). The normalized spacial score (nSPS) is 19.5. The Balaban J connectivity index is 1.49. The van der Waals surface area contributed by atoms with Gasteiger partial charge in [0, 0.05) is 24.5 Å². The summed E-state index contributed by atoms with van der Waals surface area (Å²) in [5.74, 6) is 0.0811. The lowest BCUT2D eigenvalue weighted by molar-refractivity contribution is -0.122. The molecule has 0 spiro atoms. The molecule has 0 unspecified atom stereocenters. The average molecular weight is 288 g/mol. The van der Waals surface area contributed by atoms with Crippen LogP contribution in [0.2, 0.25) is 0 Å². The van der Waals surface area contributed by atoms with Crippen molar-refractivity contribution in [3.63, 3.8) is 0 Å². The van der Waals surface area contributed by atoms with Crippen molar-refractivity contribution in [3.05, 3.63) is 35.9 Å². The molecule has 2 saturated carbocycles. The van der Waals surface area contributed by atoms with Crippen LogP contribution in [0.3, 0.4) is 0 Å². The number of amides is 1. The fourth-order valence-electron chi connectivity index (χ4n) is 2.98. The van der Waals surface area contributed by atoms with Gasteiger partial charge in [-0.15, -0.1) is 0 Å². The molecule has 0 aromatic heterocycles. The van der Waals surface area contributed by atoms with Gasteiger partial charge in [-0.3, -0.25) is 9.69 Å². The molecule has 2 N–H and O–H groups in total. The summed E-state index contributed by atoms with van der Waals surface area (Å²) >= 11 is 0. The van der Waals surface area contributed by atoms with E-state index in [1.165, 1.54) is 5.56 Å². The van der Waals surface area contributed by atoms with Crippen LogP contribution >= 0.6 is 0 Å². The molecular formula is C17H24N2O2. The third kappa shape index (κ3) is 3.63. The van der Waals surface area contributed by atoms with Gasteiger partial charge in [-0.1, -0.05) is 30.3 Å². The largest absolute Gasteiger partial charge is 0.395 e. The van der Waals surface area contributed by atoms with Crippen LogP contribution in [0, 0.1) is 0 Å². The van der Waals surface area contributed by atoms with Crippen molar-refractivity contribution in [1.82, 2.24) is 10.2 Å². The molecule has 0 bridgehead atoms. The number of aliphatic hydroxyl groups is 1. The summed E-state index contributed by atoms with van der Waals surface area (Å²) in [6, 6.07) is 11.0. The van der Waals surface area contributed by atoms with E-state index in [4.69, 9.17) is 5.11 Å². The first-order chi connectivity index (χ1) is 10.2. The Morgan fingerprint density at radius 2 is 2.00 bits per heavy atom. The summed E-state index contributed by atoms with van der Waals surface area (Å²) in [4.78, 5) is 14.2. The summed E-state index contributed by atoms with van der Waals surface area (Å²) in [6.07, 6.45) is 4.61. The van der Waals surface area contributed by atoms with E-state index < -0.39 is 0 Å². The molecule has 1 amide bonds. The van der Waals surface area contributed by atoms with Gasteiger partial charge in [-0.2, -0.15) is 0 Å². The zero-order valence-electron chi connectivity index (χ0n) is 12.4. The lowest BCUT2D eigenvalue weighted by atomic mass is 9.96. The van der Waals surface area contributed by atoms with Crippen molar-refractivity contribution in [2.24, 2.45) is 0 Å². The number of carbonyl (C=O) groups is 1. The van der Waals surface area contributed by atoms with Crippen LogP contribution in [0.5, 0.6) is 0 Å². The molecule has 1 aromatic rings. The first-order valence-corrected chi connectivity index (χ1v) is 7.91. The number of benzene rings is 1. The molecule has 3 rings (SSSR count). The van der Waals surface area contributed by atoms with Crippen LogP contribution < -0.4 is 5.32 Å². The molecule has 0 heterocycles. The molecule has 1 aromatic carbocycles. The second-order valence-corrected chi connectivity index (χ2v) is 6.35. The van der Waals surface area contributed by atoms with E-state index in [9.17, 15) is 4.79 Å². The van der Waals surface area contributed by atoms with Gasteiger partial charge in [0.1, 0.15) is 0 Å². The van der Waals surface area contributed by atoms with Crippen LogP contribution in [-0.4, -0.2) is 48.2 Å². The summed E-state index contributed by atoms with van der Waals surface area (Å²) in [5.41, 5.74) is 1.50. The maximum Gasteiger partial charge on any atom is 0.234 e. The lowest BCUT2D eigenvalue weighted by Gasteiger charge is -2.22. The van der Waals surface area contributed by atoms with Crippen molar-refractivity contribution in [3.8, 4) is 0 Å². The number of carbonyl (C=O) groups excluding carboxylic acids is 1. The lowest BCUT2D eigenvalue weighted by Crippen LogP contribution is -2.42. The van der Waals surface area contributed by atoms with Gasteiger partial charge in [0.25, 0.3) is 0 Å². The van der Waals surface area contributed by atoms with Crippen molar-refractivity contribution in [1.29, 1.82) is 0 Å². The van der Waals surface area contributed by atoms with E-state index in [-0.39, 0.29) is 17.9 Å². The van der Waals surface area contributed by atoms with Gasteiger partial charge in [0.2, 0.25) is 5.91 Å². The molecule has 0 saturated heterocycles. The number of nitrogens with one attached hydrogen (secondary N) is 1. The minimum atomic E-state index is 0.0811. The number of aliphatic hydroxyl groups excluding tert-OH is 1. The van der Waals surface area contributed by atoms with Gasteiger partial charge in [-0.05, 0) is 31.2 Å². The quantitative estimate of drug-likeness (QED) is 0.758. The molecule has 2 fully saturated rings. The summed E-state index contributed by atoms with van der Waals surface area (Å²) in [5, 5.41) is 12.2. The molecule has 114 valence electrons. The first kappa shape index (κ1) is 14.5. The number of hydrogen-bond acceptors (Lipinski definition) is 3. The van der Waals surface area contributed by atoms with Crippen LogP contribution in [0.25, 0.3) is 0 Å². The highest BCUT2D eigenvalue weighted by Crippen LogP contribution is 2.47. The van der Waals surface area contributed by atoms with Gasteiger partial charge < -0.3 is 10.4 Å². The SMILES string of the molecule is O=C(CN(CCO)C1CC1)NCC1(c2ccccc2)CC1. The maximum atomic E-state index is 12.1. The average Bonchev–Trinajstić information content (AvgIpc) is 3.40. The highest BCUT2D eigenvalue weighted by atomic mass is 16.3. The van der Waals surface area contributed by atoms with Gasteiger partial charge >= 0.3 is 0 Å². The van der Waals surface area contributed by atoms with Crippen LogP contribution in [-0.2, 0) is 10.2 Å². The second kappa shape index (κ2) is 6.16. The van der Waals surface area contributed by atoms with E-state index in [2.05, 4.69) is 34.5 Å². The first-order valence-electron chi connectivity index (χ1n) is 7.91. The molecule has 21 heavy (non-hydrogen) atoms. The predicted molar refractivity (Wildman–Crippen MR) is 82.0 cm³/mol. The van der Waals surface area contributed by atoms with Crippen molar-refractivity contribution in [2.75, 3.05) is 26.2 Å². The Hall–Kier alpha value is -1.39. The molecule has 2 aliphatic carbocycles. The van der Waals surface area contributed by atoms with Crippen molar-refractivity contribution in [2.45, 2.75) is 37.1 Å². The van der Waals surface area contributed by atoms with E-state index in [1.807, 2.05) is 6.07 Å². The highest BCUT2D eigenvalue weighted by Gasteiger charge is 2.44. The van der Waals surface area contributed by atoms with Crippen molar-refractivity contribution < 1.29 is 9.90 Å². The van der Waals surface area contributed by atoms with E-state index in [0.29, 0.717) is 19.1 Å². The maximum absolute atomic E-state index is 12.1. The van der Waals surface area contributed by atoms with Crippen LogP contribution in [0.1, 0.15) is 31.2 Å². The van der Waals surface area contributed by atoms with Crippen LogP contribution in [0.4, 0.5) is 0 Å². The minimum absolute atomic E-state index is 0.0811. The van der Waals surface area contributed by atoms with Gasteiger partial charge in [0.15, 0.2) is 0 Å². The number of hydrogen-bond donors (Lipinski definition) is 2. The Morgan fingerprint density at radius 3 is 2.57 bits per heavy atom. The van der Waals surface area contributed by atoms with Gasteiger partial charge in [-0.25, -0.2) is 0 Å². The zero-order valence-corrected chi connectivity index (χ0v) is 12.4. The molecule has 0 aliphatic heterocycles. The molecule has 2 aliphatic rings. The molecule has 4 heteroatoms. The predicted octanol–water partition coefficient (Wildman–Crippen LogP) is 1.29. The molecule has 0 radical (unpaired) electrons. The summed E-state index contributed by atoms with van der Waals surface area (Å²) < 4.78 is 0. The monoisotopic (exact) mass is 288 g/mol. The fourth-order valence-corrected chi connectivity index (χ4v) is 2.98. The highest BCUT2D eigenvalue weighted by molar-refractivity contribution is 5.78. The van der Waals surface area contributed by atoms with Gasteiger partial charge in [0.05, 0.1) is 13.2 Å². The number of nitrogens with zero attached hydrogens (tertiary/aromatic N) is 1. The topological polar surface area (TPSA) is 52.6 Å².